The molecule has 0 fully saturated rings. The van der Waals surface area contributed by atoms with Crippen LogP contribution < -0.4 is 11.2 Å². The number of ketones is 1. The molecule has 2 amide bonds. The lowest BCUT2D eigenvalue weighted by Gasteiger charge is -2.11. The number of Topliss-reactive ketones (excluding diaryl/α,β-unsaturated/α-hetero) is 1. The van der Waals surface area contributed by atoms with Crippen LogP contribution in [-0.2, 0) is 14.4 Å². The third-order valence-corrected chi connectivity index (χ3v) is 1.57. The van der Waals surface area contributed by atoms with Crippen LogP contribution in [0.5, 0.6) is 0 Å². The van der Waals surface area contributed by atoms with Crippen LogP contribution in [-0.4, -0.2) is 22.8 Å². The average Bonchev–Trinajstić information content (AvgIpc) is 2.11. The molecule has 0 spiro atoms. The number of rotatable bonds is 5. The Balaban J connectivity index is 4.72. The fourth-order valence-electron chi connectivity index (χ4n) is 0.881. The number of nitrogens with two attached hydrogens (primary N) is 1. The van der Waals surface area contributed by atoms with Crippen molar-refractivity contribution < 1.29 is 19.6 Å². The number of carbonyl (C=O) groups is 3. The zero-order valence-electron chi connectivity index (χ0n) is 7.74. The summed E-state index contributed by atoms with van der Waals surface area (Å²) in [4.78, 5) is 32.8. The van der Waals surface area contributed by atoms with Crippen LogP contribution in [0.15, 0.2) is 12.2 Å². The molecule has 0 aliphatic carbocycles. The highest BCUT2D eigenvalue weighted by atomic mass is 16.5. The Morgan fingerprint density at radius 3 is 2.29 bits per heavy atom. The van der Waals surface area contributed by atoms with Crippen molar-refractivity contribution in [3.05, 3.63) is 12.2 Å². The number of hydroxylamine groups is 1. The largest absolute Gasteiger partial charge is 0.370 e. The van der Waals surface area contributed by atoms with Gasteiger partial charge < -0.3 is 5.73 Å². The molecular weight excluding hydrogens is 188 g/mol. The van der Waals surface area contributed by atoms with Gasteiger partial charge in [0.2, 0.25) is 5.91 Å². The molecular formula is C8H12N2O4. The topological polar surface area (TPSA) is 109 Å². The Labute approximate surface area is 80.7 Å². The van der Waals surface area contributed by atoms with E-state index in [-0.39, 0.29) is 5.57 Å². The van der Waals surface area contributed by atoms with Crippen molar-refractivity contribution in [2.24, 2.45) is 11.7 Å². The second-order valence-corrected chi connectivity index (χ2v) is 2.84. The number of hydrogen-bond donors (Lipinski definition) is 3. The van der Waals surface area contributed by atoms with Gasteiger partial charge in [0.25, 0.3) is 5.91 Å². The molecule has 0 aliphatic heterocycles. The molecule has 0 aliphatic rings. The normalized spacial score (nSPS) is 11.6. The first kappa shape index (κ1) is 12.3. The van der Waals surface area contributed by atoms with E-state index in [0.29, 0.717) is 0 Å². The molecule has 0 bridgehead atoms. The molecule has 1 unspecified atom stereocenters. The van der Waals surface area contributed by atoms with Crippen LogP contribution in [0, 0.1) is 5.92 Å². The molecule has 0 aromatic heterocycles. The van der Waals surface area contributed by atoms with Crippen LogP contribution >= 0.6 is 0 Å². The highest BCUT2D eigenvalue weighted by Gasteiger charge is 2.28. The smallest absolute Gasteiger partial charge is 0.254 e. The first-order valence-electron chi connectivity index (χ1n) is 3.82. The number of allylic oxidation sites excluding steroid dienone is 1. The minimum Gasteiger partial charge on any atom is -0.370 e. The highest BCUT2D eigenvalue weighted by molar-refractivity contribution is 6.10. The first-order valence-corrected chi connectivity index (χ1v) is 3.82. The van der Waals surface area contributed by atoms with Crippen LogP contribution in [0.4, 0.5) is 0 Å². The zero-order chi connectivity index (χ0) is 11.3. The molecule has 0 aromatic rings. The molecule has 1 atom stereocenters. The Hall–Kier alpha value is -1.69. The number of carbonyl (C=O) groups excluding carboxylic acids is 3. The Morgan fingerprint density at radius 2 is 2.00 bits per heavy atom. The van der Waals surface area contributed by atoms with Crippen molar-refractivity contribution in [2.75, 3.05) is 0 Å². The lowest BCUT2D eigenvalue weighted by molar-refractivity contribution is -0.141. The molecule has 0 heterocycles. The summed E-state index contributed by atoms with van der Waals surface area (Å²) >= 11 is 0. The molecule has 6 heteroatoms. The van der Waals surface area contributed by atoms with E-state index >= 15 is 0 Å². The molecule has 0 saturated heterocycles. The Kier molecular flexibility index (Phi) is 4.51. The minimum absolute atomic E-state index is 0.125. The van der Waals surface area contributed by atoms with Gasteiger partial charge in [-0.3, -0.25) is 19.6 Å². The summed E-state index contributed by atoms with van der Waals surface area (Å²) in [5.41, 5.74) is 6.26. The Morgan fingerprint density at radius 1 is 1.50 bits per heavy atom. The maximum absolute atomic E-state index is 11.3. The van der Waals surface area contributed by atoms with Gasteiger partial charge in [0, 0.05) is 6.42 Å². The molecule has 4 N–H and O–H groups in total. The SMILES string of the molecule is C=C(C)C(=O)C(CC(N)=O)C(=O)NO. The van der Waals surface area contributed by atoms with E-state index in [1.54, 1.807) is 0 Å². The number of nitrogens with one attached hydrogen (secondary N) is 1. The van der Waals surface area contributed by atoms with Crippen molar-refractivity contribution in [1.29, 1.82) is 0 Å². The standard InChI is InChI=1S/C8H12N2O4/c1-4(2)7(12)5(3-6(9)11)8(13)10-14/h5,14H,1,3H2,2H3,(H2,9,11)(H,10,13). The van der Waals surface area contributed by atoms with E-state index < -0.39 is 29.9 Å². The van der Waals surface area contributed by atoms with Crippen molar-refractivity contribution in [3.63, 3.8) is 0 Å². The summed E-state index contributed by atoms with van der Waals surface area (Å²) in [6, 6.07) is 0. The highest BCUT2D eigenvalue weighted by Crippen LogP contribution is 2.09. The predicted molar refractivity (Wildman–Crippen MR) is 47.1 cm³/mol. The summed E-state index contributed by atoms with van der Waals surface area (Å²) in [5.74, 6) is -3.67. The van der Waals surface area contributed by atoms with Gasteiger partial charge in [-0.1, -0.05) is 6.58 Å². The molecule has 78 valence electrons. The molecule has 6 nitrogen and oxygen atoms in total. The lowest BCUT2D eigenvalue weighted by Crippen LogP contribution is -2.36. The summed E-state index contributed by atoms with van der Waals surface area (Å²) in [6.07, 6.45) is -0.446. The average molecular weight is 200 g/mol. The lowest BCUT2D eigenvalue weighted by atomic mass is 9.95. The van der Waals surface area contributed by atoms with Crippen LogP contribution in [0.3, 0.4) is 0 Å². The molecule has 14 heavy (non-hydrogen) atoms. The van der Waals surface area contributed by atoms with E-state index in [1.807, 2.05) is 0 Å². The number of primary amides is 1. The van der Waals surface area contributed by atoms with Crippen LogP contribution in [0.25, 0.3) is 0 Å². The van der Waals surface area contributed by atoms with E-state index in [9.17, 15) is 14.4 Å². The van der Waals surface area contributed by atoms with Gasteiger partial charge >= 0.3 is 0 Å². The second kappa shape index (κ2) is 5.13. The quantitative estimate of drug-likeness (QED) is 0.232. The molecule has 0 rings (SSSR count). The number of hydrogen-bond acceptors (Lipinski definition) is 4. The van der Waals surface area contributed by atoms with Crippen molar-refractivity contribution in [2.45, 2.75) is 13.3 Å². The van der Waals surface area contributed by atoms with E-state index in [1.165, 1.54) is 12.4 Å². The third kappa shape index (κ3) is 3.36. The fourth-order valence-corrected chi connectivity index (χ4v) is 0.881. The summed E-state index contributed by atoms with van der Waals surface area (Å²) in [7, 11) is 0. The van der Waals surface area contributed by atoms with Crippen molar-refractivity contribution in [1.82, 2.24) is 5.48 Å². The van der Waals surface area contributed by atoms with Crippen molar-refractivity contribution >= 4 is 17.6 Å². The Bertz CT molecular complexity index is 285. The van der Waals surface area contributed by atoms with Gasteiger partial charge in [0.1, 0.15) is 5.92 Å². The molecule has 0 aromatic carbocycles. The summed E-state index contributed by atoms with van der Waals surface area (Å²) < 4.78 is 0. The van der Waals surface area contributed by atoms with E-state index in [4.69, 9.17) is 10.9 Å². The maximum Gasteiger partial charge on any atom is 0.254 e. The minimum atomic E-state index is -1.30. The summed E-state index contributed by atoms with van der Waals surface area (Å²) in [6.45, 7) is 4.74. The van der Waals surface area contributed by atoms with E-state index in [2.05, 4.69) is 6.58 Å². The summed E-state index contributed by atoms with van der Waals surface area (Å²) in [5, 5.41) is 8.32. The fraction of sp³-hybridized carbons (Fsp3) is 0.375. The van der Waals surface area contributed by atoms with Gasteiger partial charge in [0.05, 0.1) is 0 Å². The van der Waals surface area contributed by atoms with Gasteiger partial charge in [-0.05, 0) is 12.5 Å². The molecule has 0 radical (unpaired) electrons. The van der Waals surface area contributed by atoms with Crippen LogP contribution in [0.1, 0.15) is 13.3 Å². The van der Waals surface area contributed by atoms with Gasteiger partial charge in [-0.2, -0.15) is 0 Å². The van der Waals surface area contributed by atoms with E-state index in [0.717, 1.165) is 0 Å². The maximum atomic E-state index is 11.3. The monoisotopic (exact) mass is 200 g/mol. The predicted octanol–water partition coefficient (Wildman–Crippen LogP) is -0.871. The number of amides is 2. The van der Waals surface area contributed by atoms with Crippen LogP contribution in [0.2, 0.25) is 0 Å². The van der Waals surface area contributed by atoms with Gasteiger partial charge in [-0.15, -0.1) is 0 Å². The van der Waals surface area contributed by atoms with Gasteiger partial charge in [-0.25, -0.2) is 5.48 Å². The van der Waals surface area contributed by atoms with Crippen molar-refractivity contribution in [3.8, 4) is 0 Å². The second-order valence-electron chi connectivity index (χ2n) is 2.84. The first-order chi connectivity index (χ1) is 6.40. The molecule has 0 saturated carbocycles. The third-order valence-electron chi connectivity index (χ3n) is 1.57. The zero-order valence-corrected chi connectivity index (χ0v) is 7.74. The van der Waals surface area contributed by atoms with Gasteiger partial charge in [0.15, 0.2) is 5.78 Å².